The predicted molar refractivity (Wildman–Crippen MR) is 66.2 cm³/mol. The number of Topliss-reactive ketones (excluding diaryl/α,β-unsaturated/α-hetero) is 1. The van der Waals surface area contributed by atoms with Crippen molar-refractivity contribution in [3.05, 3.63) is 47.3 Å². The highest BCUT2D eigenvalue weighted by molar-refractivity contribution is 6.00. The number of alkyl halides is 3. The highest BCUT2D eigenvalue weighted by Gasteiger charge is 2.33. The fourth-order valence-electron chi connectivity index (χ4n) is 2.15. The summed E-state index contributed by atoms with van der Waals surface area (Å²) in [5.74, 6) is 0.370. The Morgan fingerprint density at radius 1 is 1.14 bits per heavy atom. The van der Waals surface area contributed by atoms with Crippen LogP contribution in [0.4, 0.5) is 13.2 Å². The van der Waals surface area contributed by atoms with Gasteiger partial charge in [-0.2, -0.15) is 18.2 Å². The van der Waals surface area contributed by atoms with Crippen LogP contribution >= 0.6 is 0 Å². The number of halogens is 3. The zero-order valence-corrected chi connectivity index (χ0v) is 10.6. The molecule has 0 spiro atoms. The number of benzene rings is 1. The van der Waals surface area contributed by atoms with Gasteiger partial charge in [0.2, 0.25) is 0 Å². The van der Waals surface area contributed by atoms with Crippen molar-refractivity contribution in [2.45, 2.75) is 19.0 Å². The maximum atomic E-state index is 12.5. The Kier molecular flexibility index (Phi) is 3.12. The Bertz CT molecular complexity index is 714. The molecule has 0 unspecified atom stereocenters. The van der Waals surface area contributed by atoms with Crippen LogP contribution in [-0.2, 0) is 12.6 Å². The molecule has 0 N–H and O–H groups in total. The van der Waals surface area contributed by atoms with Crippen molar-refractivity contribution in [1.82, 2.24) is 9.97 Å². The summed E-state index contributed by atoms with van der Waals surface area (Å²) in [5, 5.41) is 0. The summed E-state index contributed by atoms with van der Waals surface area (Å²) in [6, 6.07) is 5.14. The first kappa shape index (κ1) is 13.5. The number of ketones is 1. The molecule has 21 heavy (non-hydrogen) atoms. The second-order valence-corrected chi connectivity index (χ2v) is 4.57. The van der Waals surface area contributed by atoms with Crippen molar-refractivity contribution in [1.29, 1.82) is 0 Å². The number of carbonyl (C=O) groups excluding carboxylic acids is 1. The fourth-order valence-corrected chi connectivity index (χ4v) is 2.15. The molecule has 1 aliphatic rings. The molecule has 0 saturated heterocycles. The number of aryl methyl sites for hydroxylation is 1. The molecule has 108 valence electrons. The van der Waals surface area contributed by atoms with Crippen molar-refractivity contribution in [3.8, 4) is 11.8 Å². The van der Waals surface area contributed by atoms with Crippen LogP contribution in [0.3, 0.4) is 0 Å². The first-order chi connectivity index (χ1) is 9.93. The highest BCUT2D eigenvalue weighted by Crippen LogP contribution is 2.30. The molecule has 7 heteroatoms. The molecule has 0 radical (unpaired) electrons. The van der Waals surface area contributed by atoms with E-state index in [1.54, 1.807) is 12.1 Å². The van der Waals surface area contributed by atoms with Gasteiger partial charge in [-0.3, -0.25) is 4.79 Å². The van der Waals surface area contributed by atoms with Crippen LogP contribution in [0.15, 0.2) is 30.5 Å². The van der Waals surface area contributed by atoms with Gasteiger partial charge in [0.25, 0.3) is 0 Å². The maximum Gasteiger partial charge on any atom is 0.433 e. The van der Waals surface area contributed by atoms with Crippen molar-refractivity contribution in [2.75, 3.05) is 0 Å². The van der Waals surface area contributed by atoms with Crippen molar-refractivity contribution < 1.29 is 22.7 Å². The smallest absolute Gasteiger partial charge is 0.424 e. The van der Waals surface area contributed by atoms with E-state index in [0.717, 1.165) is 17.8 Å². The number of hydrogen-bond donors (Lipinski definition) is 0. The van der Waals surface area contributed by atoms with Crippen LogP contribution in [0.2, 0.25) is 0 Å². The average molecular weight is 294 g/mol. The maximum absolute atomic E-state index is 12.5. The lowest BCUT2D eigenvalue weighted by atomic mass is 10.1. The summed E-state index contributed by atoms with van der Waals surface area (Å²) in [5.41, 5.74) is 0.389. The minimum atomic E-state index is -4.55. The minimum absolute atomic E-state index is 0.0619. The van der Waals surface area contributed by atoms with Crippen LogP contribution in [0.5, 0.6) is 11.8 Å². The summed E-state index contributed by atoms with van der Waals surface area (Å²) < 4.78 is 42.9. The quantitative estimate of drug-likeness (QED) is 0.851. The Morgan fingerprint density at radius 2 is 1.95 bits per heavy atom. The molecule has 0 fully saturated rings. The van der Waals surface area contributed by atoms with E-state index in [0.29, 0.717) is 24.2 Å². The van der Waals surface area contributed by atoms with E-state index < -0.39 is 11.9 Å². The third-order valence-corrected chi connectivity index (χ3v) is 3.13. The second-order valence-electron chi connectivity index (χ2n) is 4.57. The van der Waals surface area contributed by atoms with Crippen LogP contribution in [-0.4, -0.2) is 15.8 Å². The lowest BCUT2D eigenvalue weighted by molar-refractivity contribution is -0.141. The molecule has 4 nitrogen and oxygen atoms in total. The van der Waals surface area contributed by atoms with E-state index in [9.17, 15) is 18.0 Å². The Morgan fingerprint density at radius 3 is 2.71 bits per heavy atom. The van der Waals surface area contributed by atoms with Gasteiger partial charge in [-0.15, -0.1) is 0 Å². The highest BCUT2D eigenvalue weighted by atomic mass is 19.4. The molecule has 3 rings (SSSR count). The molecule has 1 aromatic heterocycles. The Labute approximate surface area is 117 Å². The molecule has 0 saturated carbocycles. The number of ether oxygens (including phenoxy) is 1. The summed E-state index contributed by atoms with van der Waals surface area (Å²) >= 11 is 0. The van der Waals surface area contributed by atoms with Gasteiger partial charge >= 0.3 is 12.2 Å². The van der Waals surface area contributed by atoms with Gasteiger partial charge in [0.1, 0.15) is 5.75 Å². The largest absolute Gasteiger partial charge is 0.433 e. The molecule has 0 amide bonds. The monoisotopic (exact) mass is 294 g/mol. The number of aromatic nitrogens is 2. The first-order valence-corrected chi connectivity index (χ1v) is 6.18. The van der Waals surface area contributed by atoms with Crippen LogP contribution in [0.1, 0.15) is 28.0 Å². The van der Waals surface area contributed by atoms with E-state index in [1.807, 2.05) is 0 Å². The number of rotatable bonds is 2. The van der Waals surface area contributed by atoms with Gasteiger partial charge in [-0.1, -0.05) is 0 Å². The first-order valence-electron chi connectivity index (χ1n) is 6.18. The zero-order chi connectivity index (χ0) is 15.0. The van der Waals surface area contributed by atoms with Gasteiger partial charge in [0.15, 0.2) is 11.5 Å². The summed E-state index contributed by atoms with van der Waals surface area (Å²) in [7, 11) is 0. The van der Waals surface area contributed by atoms with Gasteiger partial charge in [0, 0.05) is 18.2 Å². The van der Waals surface area contributed by atoms with Gasteiger partial charge in [-0.25, -0.2) is 4.98 Å². The third-order valence-electron chi connectivity index (χ3n) is 3.13. The van der Waals surface area contributed by atoms with Crippen molar-refractivity contribution in [3.63, 3.8) is 0 Å². The van der Waals surface area contributed by atoms with Crippen LogP contribution in [0, 0.1) is 0 Å². The normalized spacial score (nSPS) is 14.1. The van der Waals surface area contributed by atoms with Crippen molar-refractivity contribution in [2.24, 2.45) is 0 Å². The number of carbonyl (C=O) groups is 1. The van der Waals surface area contributed by atoms with E-state index in [-0.39, 0.29) is 11.8 Å². The van der Waals surface area contributed by atoms with Gasteiger partial charge < -0.3 is 4.74 Å². The van der Waals surface area contributed by atoms with Gasteiger partial charge in [0.05, 0.1) is 0 Å². The molecule has 0 bridgehead atoms. The Balaban J connectivity index is 1.86. The van der Waals surface area contributed by atoms with Crippen molar-refractivity contribution >= 4 is 5.78 Å². The lowest BCUT2D eigenvalue weighted by Crippen LogP contribution is -2.08. The average Bonchev–Trinajstić information content (AvgIpc) is 2.79. The Hall–Kier alpha value is -2.44. The number of fused-ring (bicyclic) bond motifs is 1. The van der Waals surface area contributed by atoms with Crippen LogP contribution in [0.25, 0.3) is 0 Å². The zero-order valence-electron chi connectivity index (χ0n) is 10.6. The summed E-state index contributed by atoms with van der Waals surface area (Å²) in [6.07, 6.45) is -2.51. The molecule has 1 aliphatic carbocycles. The number of nitrogens with zero attached hydrogens (tertiary/aromatic N) is 2. The minimum Gasteiger partial charge on any atom is -0.424 e. The van der Waals surface area contributed by atoms with E-state index >= 15 is 0 Å². The summed E-state index contributed by atoms with van der Waals surface area (Å²) in [4.78, 5) is 18.5. The molecule has 0 aliphatic heterocycles. The number of hydrogen-bond acceptors (Lipinski definition) is 4. The molecule has 1 heterocycles. The second kappa shape index (κ2) is 4.83. The van der Waals surface area contributed by atoms with Gasteiger partial charge in [-0.05, 0) is 36.2 Å². The van der Waals surface area contributed by atoms with E-state index in [2.05, 4.69) is 9.97 Å². The molecular formula is C14H9F3N2O2. The molecule has 2 aromatic rings. The van der Waals surface area contributed by atoms with E-state index in [1.165, 1.54) is 6.07 Å². The molecule has 1 aromatic carbocycles. The summed E-state index contributed by atoms with van der Waals surface area (Å²) in [6.45, 7) is 0. The lowest BCUT2D eigenvalue weighted by Gasteiger charge is -2.08. The topological polar surface area (TPSA) is 52.1 Å². The fraction of sp³-hybridized carbons (Fsp3) is 0.214. The SMILES string of the molecule is O=C1CCc2cc(Oc3nccc(C(F)(F)F)n3)ccc21. The predicted octanol–water partition coefficient (Wildman–Crippen LogP) is 3.42. The molecule has 0 atom stereocenters. The molecular weight excluding hydrogens is 285 g/mol. The standard InChI is InChI=1S/C14H9F3N2O2/c15-14(16,17)12-5-6-18-13(19-12)21-9-2-3-10-8(7-9)1-4-11(10)20/h2-3,5-7H,1,4H2. The third kappa shape index (κ3) is 2.72. The van der Waals surface area contributed by atoms with E-state index in [4.69, 9.17) is 4.74 Å². The van der Waals surface area contributed by atoms with Crippen LogP contribution < -0.4 is 4.74 Å².